The topological polar surface area (TPSA) is 49.6 Å². The Labute approximate surface area is 144 Å². The van der Waals surface area contributed by atoms with Crippen LogP contribution in [0.15, 0.2) is 33.3 Å². The van der Waals surface area contributed by atoms with E-state index in [9.17, 15) is 4.79 Å². The van der Waals surface area contributed by atoms with Crippen molar-refractivity contribution in [2.24, 2.45) is 0 Å². The van der Waals surface area contributed by atoms with Gasteiger partial charge in [0.1, 0.15) is 5.76 Å². The van der Waals surface area contributed by atoms with Crippen molar-refractivity contribution in [3.8, 4) is 0 Å². The van der Waals surface area contributed by atoms with Crippen molar-refractivity contribution in [2.75, 3.05) is 26.2 Å². The SMILES string of the molecule is Cc1noc(C)c1CN1CCN(C(=O)c2ccccc2Br)CC1. The van der Waals surface area contributed by atoms with E-state index in [0.717, 1.165) is 59.8 Å². The van der Waals surface area contributed by atoms with E-state index in [1.807, 2.05) is 43.0 Å². The first-order valence-corrected chi connectivity index (χ1v) is 8.53. The maximum Gasteiger partial charge on any atom is 0.255 e. The van der Waals surface area contributed by atoms with Gasteiger partial charge in [-0.1, -0.05) is 17.3 Å². The molecule has 0 radical (unpaired) electrons. The van der Waals surface area contributed by atoms with Crippen LogP contribution in [0.5, 0.6) is 0 Å². The summed E-state index contributed by atoms with van der Waals surface area (Å²) in [5, 5.41) is 4.00. The molecule has 2 heterocycles. The fraction of sp³-hybridized carbons (Fsp3) is 0.412. The molecular formula is C17H20BrN3O2. The van der Waals surface area contributed by atoms with Crippen molar-refractivity contribution in [2.45, 2.75) is 20.4 Å². The number of hydrogen-bond acceptors (Lipinski definition) is 4. The molecular weight excluding hydrogens is 358 g/mol. The van der Waals surface area contributed by atoms with Crippen LogP contribution >= 0.6 is 15.9 Å². The molecule has 0 N–H and O–H groups in total. The molecule has 0 aliphatic carbocycles. The van der Waals surface area contributed by atoms with E-state index >= 15 is 0 Å². The van der Waals surface area contributed by atoms with Gasteiger partial charge in [-0.15, -0.1) is 0 Å². The van der Waals surface area contributed by atoms with Gasteiger partial charge in [0.05, 0.1) is 11.3 Å². The maximum absolute atomic E-state index is 12.6. The monoisotopic (exact) mass is 377 g/mol. The van der Waals surface area contributed by atoms with Crippen molar-refractivity contribution in [1.82, 2.24) is 15.0 Å². The van der Waals surface area contributed by atoms with Gasteiger partial charge in [-0.25, -0.2) is 0 Å². The van der Waals surface area contributed by atoms with Crippen LogP contribution in [0, 0.1) is 13.8 Å². The van der Waals surface area contributed by atoms with Crippen molar-refractivity contribution in [3.63, 3.8) is 0 Å². The van der Waals surface area contributed by atoms with E-state index in [1.54, 1.807) is 0 Å². The average Bonchev–Trinajstić information content (AvgIpc) is 2.87. The summed E-state index contributed by atoms with van der Waals surface area (Å²) in [7, 11) is 0. The summed E-state index contributed by atoms with van der Waals surface area (Å²) in [4.78, 5) is 16.9. The van der Waals surface area contributed by atoms with Crippen LogP contribution in [0.4, 0.5) is 0 Å². The summed E-state index contributed by atoms with van der Waals surface area (Å²) in [6.45, 7) is 7.95. The van der Waals surface area contributed by atoms with Gasteiger partial charge in [0.15, 0.2) is 0 Å². The maximum atomic E-state index is 12.6. The van der Waals surface area contributed by atoms with Gasteiger partial charge in [-0.3, -0.25) is 9.69 Å². The lowest BCUT2D eigenvalue weighted by atomic mass is 10.1. The summed E-state index contributed by atoms with van der Waals surface area (Å²) in [5.74, 6) is 0.976. The van der Waals surface area contributed by atoms with Crippen molar-refractivity contribution in [1.29, 1.82) is 0 Å². The summed E-state index contributed by atoms with van der Waals surface area (Å²) >= 11 is 3.46. The number of carbonyl (C=O) groups excluding carboxylic acids is 1. The first-order chi connectivity index (χ1) is 11.1. The predicted molar refractivity (Wildman–Crippen MR) is 91.3 cm³/mol. The van der Waals surface area contributed by atoms with Crippen molar-refractivity contribution in [3.05, 3.63) is 51.3 Å². The smallest absolute Gasteiger partial charge is 0.255 e. The zero-order chi connectivity index (χ0) is 16.4. The third-order valence-corrected chi connectivity index (χ3v) is 5.02. The number of aryl methyl sites for hydroxylation is 2. The number of piperazine rings is 1. The van der Waals surface area contributed by atoms with Gasteiger partial charge in [-0.05, 0) is 41.9 Å². The molecule has 0 atom stereocenters. The van der Waals surface area contributed by atoms with Gasteiger partial charge in [0, 0.05) is 42.8 Å². The van der Waals surface area contributed by atoms with Gasteiger partial charge in [0.2, 0.25) is 0 Å². The van der Waals surface area contributed by atoms with Gasteiger partial charge >= 0.3 is 0 Å². The Morgan fingerprint density at radius 2 is 1.91 bits per heavy atom. The Balaban J connectivity index is 1.60. The quantitative estimate of drug-likeness (QED) is 0.824. The Kier molecular flexibility index (Phi) is 4.82. The molecule has 3 rings (SSSR count). The number of nitrogens with zero attached hydrogens (tertiary/aromatic N) is 3. The summed E-state index contributed by atoms with van der Waals surface area (Å²) < 4.78 is 6.07. The van der Waals surface area contributed by atoms with Crippen LogP contribution in [0.1, 0.15) is 27.4 Å². The molecule has 5 nitrogen and oxygen atoms in total. The lowest BCUT2D eigenvalue weighted by molar-refractivity contribution is 0.0626. The molecule has 1 aromatic heterocycles. The molecule has 0 unspecified atom stereocenters. The minimum absolute atomic E-state index is 0.0921. The van der Waals surface area contributed by atoms with Gasteiger partial charge in [0.25, 0.3) is 5.91 Å². The highest BCUT2D eigenvalue weighted by Gasteiger charge is 2.24. The molecule has 0 bridgehead atoms. The molecule has 122 valence electrons. The molecule has 2 aromatic rings. The van der Waals surface area contributed by atoms with E-state index in [0.29, 0.717) is 0 Å². The normalized spacial score (nSPS) is 15.9. The fourth-order valence-corrected chi connectivity index (χ4v) is 3.32. The molecule has 1 aliphatic rings. The zero-order valence-corrected chi connectivity index (χ0v) is 15.0. The first kappa shape index (κ1) is 16.2. The number of rotatable bonds is 3. The minimum atomic E-state index is 0.0921. The predicted octanol–water partition coefficient (Wildman–Crippen LogP) is 3.01. The molecule has 1 aliphatic heterocycles. The van der Waals surface area contributed by atoms with Crippen LogP contribution < -0.4 is 0 Å². The Bertz CT molecular complexity index is 686. The lowest BCUT2D eigenvalue weighted by Crippen LogP contribution is -2.48. The second-order valence-corrected chi connectivity index (χ2v) is 6.71. The van der Waals surface area contributed by atoms with Crippen LogP contribution in [-0.4, -0.2) is 47.0 Å². The molecule has 1 aromatic carbocycles. The number of hydrogen-bond donors (Lipinski definition) is 0. The van der Waals surface area contributed by atoms with Crippen LogP contribution in [0.25, 0.3) is 0 Å². The molecule has 0 saturated carbocycles. The van der Waals surface area contributed by atoms with Crippen LogP contribution in [0.3, 0.4) is 0 Å². The summed E-state index contributed by atoms with van der Waals surface area (Å²) in [6, 6.07) is 7.58. The highest BCUT2D eigenvalue weighted by atomic mass is 79.9. The van der Waals surface area contributed by atoms with E-state index in [4.69, 9.17) is 4.52 Å². The lowest BCUT2D eigenvalue weighted by Gasteiger charge is -2.34. The van der Waals surface area contributed by atoms with E-state index < -0.39 is 0 Å². The second-order valence-electron chi connectivity index (χ2n) is 5.85. The van der Waals surface area contributed by atoms with E-state index in [2.05, 4.69) is 26.0 Å². The number of carbonyl (C=O) groups is 1. The Hall–Kier alpha value is -1.66. The Morgan fingerprint density at radius 1 is 1.22 bits per heavy atom. The first-order valence-electron chi connectivity index (χ1n) is 7.74. The van der Waals surface area contributed by atoms with E-state index in [-0.39, 0.29) is 5.91 Å². The second kappa shape index (κ2) is 6.84. The number of aromatic nitrogens is 1. The van der Waals surface area contributed by atoms with E-state index in [1.165, 1.54) is 0 Å². The fourth-order valence-electron chi connectivity index (χ4n) is 2.87. The third kappa shape index (κ3) is 3.48. The molecule has 6 heteroatoms. The minimum Gasteiger partial charge on any atom is -0.361 e. The van der Waals surface area contributed by atoms with Crippen molar-refractivity contribution < 1.29 is 9.32 Å². The molecule has 23 heavy (non-hydrogen) atoms. The molecule has 1 fully saturated rings. The average molecular weight is 378 g/mol. The Morgan fingerprint density at radius 3 is 2.52 bits per heavy atom. The van der Waals surface area contributed by atoms with Crippen LogP contribution in [0.2, 0.25) is 0 Å². The summed E-state index contributed by atoms with van der Waals surface area (Å²) in [6.07, 6.45) is 0. The zero-order valence-electron chi connectivity index (χ0n) is 13.4. The highest BCUT2D eigenvalue weighted by molar-refractivity contribution is 9.10. The molecule has 0 spiro atoms. The summed E-state index contributed by atoms with van der Waals surface area (Å²) in [5.41, 5.74) is 2.84. The third-order valence-electron chi connectivity index (χ3n) is 4.33. The van der Waals surface area contributed by atoms with Gasteiger partial charge < -0.3 is 9.42 Å². The highest BCUT2D eigenvalue weighted by Crippen LogP contribution is 2.20. The standard InChI is InChI=1S/C17H20BrN3O2/c1-12-15(13(2)23-19-12)11-20-7-9-21(10-8-20)17(22)14-5-3-4-6-16(14)18/h3-6H,7-11H2,1-2H3. The largest absolute Gasteiger partial charge is 0.361 e. The number of benzene rings is 1. The number of halogens is 1. The molecule has 1 saturated heterocycles. The van der Waals surface area contributed by atoms with Gasteiger partial charge in [-0.2, -0.15) is 0 Å². The van der Waals surface area contributed by atoms with Crippen LogP contribution in [-0.2, 0) is 6.54 Å². The number of amides is 1. The van der Waals surface area contributed by atoms with Crippen molar-refractivity contribution >= 4 is 21.8 Å². The molecule has 1 amide bonds.